The van der Waals surface area contributed by atoms with Crippen molar-refractivity contribution in [3.05, 3.63) is 49.5 Å². The van der Waals surface area contributed by atoms with Gasteiger partial charge in [0, 0.05) is 15.8 Å². The van der Waals surface area contributed by atoms with Crippen molar-refractivity contribution in [2.45, 2.75) is 13.5 Å². The second-order valence-corrected chi connectivity index (χ2v) is 6.73. The number of halogens is 2. The topological polar surface area (TPSA) is 30.5 Å². The highest BCUT2D eigenvalue weighted by Crippen LogP contribution is 2.36. The summed E-state index contributed by atoms with van der Waals surface area (Å²) in [5, 5.41) is 3.45. The van der Waals surface area contributed by atoms with Gasteiger partial charge in [-0.3, -0.25) is 0 Å². The van der Waals surface area contributed by atoms with Gasteiger partial charge in [-0.05, 0) is 86.9 Å². The maximum Gasteiger partial charge on any atom is 0.174 e. The summed E-state index contributed by atoms with van der Waals surface area (Å²) in [6.45, 7) is 2.83. The van der Waals surface area contributed by atoms with Crippen molar-refractivity contribution in [1.82, 2.24) is 0 Å². The fraction of sp³-hybridized carbons (Fsp3) is 0.250. The van der Waals surface area contributed by atoms with E-state index in [2.05, 4.69) is 69.0 Å². The van der Waals surface area contributed by atoms with Gasteiger partial charge < -0.3 is 14.8 Å². The zero-order chi connectivity index (χ0) is 15.4. The van der Waals surface area contributed by atoms with Gasteiger partial charge in [0.15, 0.2) is 11.5 Å². The Morgan fingerprint density at radius 2 is 1.90 bits per heavy atom. The molecule has 0 heterocycles. The van der Waals surface area contributed by atoms with Crippen molar-refractivity contribution in [1.29, 1.82) is 0 Å². The first-order valence-corrected chi connectivity index (χ1v) is 8.32. The van der Waals surface area contributed by atoms with E-state index in [-0.39, 0.29) is 0 Å². The Morgan fingerprint density at radius 3 is 2.52 bits per heavy atom. The van der Waals surface area contributed by atoms with E-state index >= 15 is 0 Å². The van der Waals surface area contributed by atoms with Crippen molar-refractivity contribution in [2.24, 2.45) is 0 Å². The SMILES string of the molecule is COc1cc(CNc2ccc(I)cc2C)cc(Br)c1OC. The van der Waals surface area contributed by atoms with E-state index in [1.807, 2.05) is 12.1 Å². The molecule has 112 valence electrons. The second kappa shape index (κ2) is 7.35. The van der Waals surface area contributed by atoms with Crippen molar-refractivity contribution in [3.8, 4) is 11.5 Å². The first-order chi connectivity index (χ1) is 10.0. The molecule has 0 unspecified atom stereocenters. The second-order valence-electron chi connectivity index (χ2n) is 4.63. The number of methoxy groups -OCH3 is 2. The van der Waals surface area contributed by atoms with Crippen LogP contribution in [0.3, 0.4) is 0 Å². The summed E-state index contributed by atoms with van der Waals surface area (Å²) in [5.41, 5.74) is 3.50. The molecule has 0 bridgehead atoms. The molecule has 0 aromatic heterocycles. The number of hydrogen-bond donors (Lipinski definition) is 1. The molecule has 0 aliphatic carbocycles. The first-order valence-electron chi connectivity index (χ1n) is 6.45. The largest absolute Gasteiger partial charge is 0.493 e. The third kappa shape index (κ3) is 4.03. The molecule has 2 rings (SSSR count). The van der Waals surface area contributed by atoms with E-state index in [9.17, 15) is 0 Å². The summed E-state index contributed by atoms with van der Waals surface area (Å²) in [7, 11) is 3.28. The van der Waals surface area contributed by atoms with Crippen LogP contribution in [0, 0.1) is 10.5 Å². The number of aryl methyl sites for hydroxylation is 1. The molecule has 5 heteroatoms. The van der Waals surface area contributed by atoms with E-state index < -0.39 is 0 Å². The number of ether oxygens (including phenoxy) is 2. The molecule has 0 fully saturated rings. The Balaban J connectivity index is 2.18. The Bertz CT molecular complexity index is 646. The predicted octanol–water partition coefficient (Wildman–Crippen LogP) is 4.99. The maximum atomic E-state index is 5.37. The lowest BCUT2D eigenvalue weighted by Crippen LogP contribution is -2.02. The Labute approximate surface area is 147 Å². The van der Waals surface area contributed by atoms with Gasteiger partial charge in [0.1, 0.15) is 0 Å². The zero-order valence-corrected chi connectivity index (χ0v) is 15.9. The molecule has 0 radical (unpaired) electrons. The van der Waals surface area contributed by atoms with Crippen LogP contribution in [0.1, 0.15) is 11.1 Å². The van der Waals surface area contributed by atoms with Crippen molar-refractivity contribution in [3.63, 3.8) is 0 Å². The lowest BCUT2D eigenvalue weighted by Gasteiger charge is -2.14. The molecular formula is C16H17BrINO2. The van der Waals surface area contributed by atoms with Crippen LogP contribution in [0.15, 0.2) is 34.8 Å². The summed E-state index contributed by atoms with van der Waals surface area (Å²) < 4.78 is 12.8. The minimum absolute atomic E-state index is 0.715. The normalized spacial score (nSPS) is 10.3. The van der Waals surface area contributed by atoms with Gasteiger partial charge >= 0.3 is 0 Å². The predicted molar refractivity (Wildman–Crippen MR) is 98.5 cm³/mol. The third-order valence-corrected chi connectivity index (χ3v) is 4.42. The summed E-state index contributed by atoms with van der Waals surface area (Å²) in [6, 6.07) is 10.4. The monoisotopic (exact) mass is 461 g/mol. The van der Waals surface area contributed by atoms with Gasteiger partial charge in [-0.2, -0.15) is 0 Å². The average molecular weight is 462 g/mol. The number of hydrogen-bond acceptors (Lipinski definition) is 3. The van der Waals surface area contributed by atoms with Crippen LogP contribution in [0.2, 0.25) is 0 Å². The van der Waals surface area contributed by atoms with E-state index in [1.54, 1.807) is 14.2 Å². The van der Waals surface area contributed by atoms with Gasteiger partial charge in [0.2, 0.25) is 0 Å². The van der Waals surface area contributed by atoms with Crippen LogP contribution in [0.25, 0.3) is 0 Å². The van der Waals surface area contributed by atoms with Gasteiger partial charge in [-0.15, -0.1) is 0 Å². The average Bonchev–Trinajstić information content (AvgIpc) is 2.45. The maximum absolute atomic E-state index is 5.37. The fourth-order valence-corrected chi connectivity index (χ4v) is 3.39. The Morgan fingerprint density at radius 1 is 1.14 bits per heavy atom. The summed E-state index contributed by atoms with van der Waals surface area (Å²) in [4.78, 5) is 0. The highest BCUT2D eigenvalue weighted by Gasteiger charge is 2.10. The van der Waals surface area contributed by atoms with Crippen LogP contribution in [-0.2, 0) is 6.54 Å². The molecule has 0 spiro atoms. The molecule has 0 aliphatic rings. The molecule has 0 atom stereocenters. The molecule has 1 N–H and O–H groups in total. The number of rotatable bonds is 5. The standard InChI is InChI=1S/C16H17BrINO2/c1-10-6-12(18)4-5-14(10)19-9-11-7-13(17)16(21-3)15(8-11)20-2/h4-8,19H,9H2,1-3H3. The van der Waals surface area contributed by atoms with E-state index in [4.69, 9.17) is 9.47 Å². The summed E-state index contributed by atoms with van der Waals surface area (Å²) >= 11 is 5.83. The van der Waals surface area contributed by atoms with Crippen molar-refractivity contribution < 1.29 is 9.47 Å². The van der Waals surface area contributed by atoms with Crippen LogP contribution in [0.5, 0.6) is 11.5 Å². The molecule has 0 aliphatic heterocycles. The quantitative estimate of drug-likeness (QED) is 0.636. The lowest BCUT2D eigenvalue weighted by atomic mass is 10.1. The third-order valence-electron chi connectivity index (χ3n) is 3.16. The molecule has 2 aromatic carbocycles. The van der Waals surface area contributed by atoms with Gasteiger partial charge in [0.25, 0.3) is 0 Å². The van der Waals surface area contributed by atoms with Crippen LogP contribution in [0.4, 0.5) is 5.69 Å². The molecule has 0 saturated heterocycles. The molecule has 21 heavy (non-hydrogen) atoms. The van der Waals surface area contributed by atoms with E-state index in [0.717, 1.165) is 28.0 Å². The first kappa shape index (κ1) is 16.4. The van der Waals surface area contributed by atoms with E-state index in [0.29, 0.717) is 5.75 Å². The number of benzene rings is 2. The van der Waals surface area contributed by atoms with Crippen LogP contribution in [-0.4, -0.2) is 14.2 Å². The minimum Gasteiger partial charge on any atom is -0.493 e. The Kier molecular flexibility index (Phi) is 5.75. The molecular weight excluding hydrogens is 445 g/mol. The number of nitrogens with one attached hydrogen (secondary N) is 1. The van der Waals surface area contributed by atoms with Gasteiger partial charge in [-0.25, -0.2) is 0 Å². The molecule has 0 saturated carbocycles. The van der Waals surface area contributed by atoms with E-state index in [1.165, 1.54) is 9.13 Å². The zero-order valence-electron chi connectivity index (χ0n) is 12.2. The molecule has 0 amide bonds. The van der Waals surface area contributed by atoms with Crippen LogP contribution < -0.4 is 14.8 Å². The van der Waals surface area contributed by atoms with Crippen LogP contribution >= 0.6 is 38.5 Å². The highest BCUT2D eigenvalue weighted by molar-refractivity contribution is 14.1. The van der Waals surface area contributed by atoms with Crippen molar-refractivity contribution in [2.75, 3.05) is 19.5 Å². The lowest BCUT2D eigenvalue weighted by molar-refractivity contribution is 0.352. The highest BCUT2D eigenvalue weighted by atomic mass is 127. The Hall–Kier alpha value is -0.950. The number of anilines is 1. The van der Waals surface area contributed by atoms with Gasteiger partial charge in [-0.1, -0.05) is 0 Å². The molecule has 2 aromatic rings. The summed E-state index contributed by atoms with van der Waals surface area (Å²) in [5.74, 6) is 1.44. The minimum atomic E-state index is 0.715. The van der Waals surface area contributed by atoms with Gasteiger partial charge in [0.05, 0.1) is 18.7 Å². The van der Waals surface area contributed by atoms with Crippen molar-refractivity contribution >= 4 is 44.2 Å². The fourth-order valence-electron chi connectivity index (χ4n) is 2.10. The molecule has 3 nitrogen and oxygen atoms in total. The summed E-state index contributed by atoms with van der Waals surface area (Å²) in [6.07, 6.45) is 0. The smallest absolute Gasteiger partial charge is 0.174 e.